The van der Waals surface area contributed by atoms with Gasteiger partial charge in [0.15, 0.2) is 6.61 Å². The SMILES string of the molecule is CCc1ccccc1OCC(=O)NC1CCCNC1C.Cl. The molecule has 0 bridgehead atoms. The number of benzene rings is 1. The summed E-state index contributed by atoms with van der Waals surface area (Å²) in [4.78, 5) is 12.0. The molecule has 0 aromatic heterocycles. The number of para-hydroxylation sites is 1. The summed E-state index contributed by atoms with van der Waals surface area (Å²) >= 11 is 0. The summed E-state index contributed by atoms with van der Waals surface area (Å²) in [5.41, 5.74) is 1.13. The first-order chi connectivity index (χ1) is 9.70. The lowest BCUT2D eigenvalue weighted by atomic mass is 10.00. The average molecular weight is 313 g/mol. The number of halogens is 1. The highest BCUT2D eigenvalue weighted by Crippen LogP contribution is 2.18. The van der Waals surface area contributed by atoms with Crippen LogP contribution in [0.25, 0.3) is 0 Å². The van der Waals surface area contributed by atoms with Crippen molar-refractivity contribution in [2.45, 2.75) is 45.2 Å². The van der Waals surface area contributed by atoms with E-state index in [0.717, 1.165) is 37.1 Å². The van der Waals surface area contributed by atoms with Crippen LogP contribution in [-0.4, -0.2) is 31.1 Å². The first kappa shape index (κ1) is 17.8. The molecule has 0 spiro atoms. The van der Waals surface area contributed by atoms with Crippen molar-refractivity contribution in [1.29, 1.82) is 0 Å². The Morgan fingerprint density at radius 1 is 1.43 bits per heavy atom. The summed E-state index contributed by atoms with van der Waals surface area (Å²) in [7, 11) is 0. The van der Waals surface area contributed by atoms with Crippen molar-refractivity contribution < 1.29 is 9.53 Å². The van der Waals surface area contributed by atoms with Crippen LogP contribution in [0.4, 0.5) is 0 Å². The number of carbonyl (C=O) groups excluding carboxylic acids is 1. The second-order valence-corrected chi connectivity index (χ2v) is 5.31. The van der Waals surface area contributed by atoms with Crippen molar-refractivity contribution in [2.75, 3.05) is 13.2 Å². The Bertz CT molecular complexity index is 454. The smallest absolute Gasteiger partial charge is 0.258 e. The summed E-state index contributed by atoms with van der Waals surface area (Å²) in [5, 5.41) is 6.42. The van der Waals surface area contributed by atoms with Gasteiger partial charge in [-0.2, -0.15) is 0 Å². The number of nitrogens with one attached hydrogen (secondary N) is 2. The van der Waals surface area contributed by atoms with Crippen LogP contribution in [0.3, 0.4) is 0 Å². The van der Waals surface area contributed by atoms with Crippen LogP contribution in [-0.2, 0) is 11.2 Å². The topological polar surface area (TPSA) is 50.4 Å². The fourth-order valence-electron chi connectivity index (χ4n) is 2.57. The predicted octanol–water partition coefficient (Wildman–Crippen LogP) is 2.31. The van der Waals surface area contributed by atoms with Crippen molar-refractivity contribution in [3.63, 3.8) is 0 Å². The third-order valence-electron chi connectivity index (χ3n) is 3.82. The maximum atomic E-state index is 12.0. The van der Waals surface area contributed by atoms with Gasteiger partial charge in [0.2, 0.25) is 0 Å². The molecule has 0 radical (unpaired) electrons. The number of hydrogen-bond acceptors (Lipinski definition) is 3. The summed E-state index contributed by atoms with van der Waals surface area (Å²) in [6.45, 7) is 5.31. The van der Waals surface area contributed by atoms with E-state index >= 15 is 0 Å². The van der Waals surface area contributed by atoms with Crippen molar-refractivity contribution in [3.8, 4) is 5.75 Å². The van der Waals surface area contributed by atoms with E-state index < -0.39 is 0 Å². The highest BCUT2D eigenvalue weighted by Gasteiger charge is 2.22. The first-order valence-electron chi connectivity index (χ1n) is 7.44. The molecule has 21 heavy (non-hydrogen) atoms. The van der Waals surface area contributed by atoms with Gasteiger partial charge in [0.1, 0.15) is 5.75 Å². The highest BCUT2D eigenvalue weighted by molar-refractivity contribution is 5.85. The number of ether oxygens (including phenoxy) is 1. The van der Waals surface area contributed by atoms with Crippen molar-refractivity contribution >= 4 is 18.3 Å². The van der Waals surface area contributed by atoms with Crippen molar-refractivity contribution in [1.82, 2.24) is 10.6 Å². The molecule has 2 N–H and O–H groups in total. The van der Waals surface area contributed by atoms with Gasteiger partial charge in [-0.15, -0.1) is 12.4 Å². The predicted molar refractivity (Wildman–Crippen MR) is 87.2 cm³/mol. The van der Waals surface area contributed by atoms with E-state index in [4.69, 9.17) is 4.74 Å². The number of rotatable bonds is 5. The molecule has 1 saturated heterocycles. The van der Waals surface area contributed by atoms with Crippen LogP contribution >= 0.6 is 12.4 Å². The lowest BCUT2D eigenvalue weighted by molar-refractivity contribution is -0.124. The molecule has 1 aromatic carbocycles. The average Bonchev–Trinajstić information content (AvgIpc) is 2.48. The molecule has 0 aliphatic carbocycles. The molecule has 5 heteroatoms. The Labute approximate surface area is 133 Å². The van der Waals surface area contributed by atoms with Gasteiger partial charge < -0.3 is 15.4 Å². The van der Waals surface area contributed by atoms with Gasteiger partial charge >= 0.3 is 0 Å². The minimum absolute atomic E-state index is 0. The summed E-state index contributed by atoms with van der Waals surface area (Å²) in [6.07, 6.45) is 3.04. The van der Waals surface area contributed by atoms with Crippen LogP contribution in [0.2, 0.25) is 0 Å². The minimum Gasteiger partial charge on any atom is -0.483 e. The van der Waals surface area contributed by atoms with E-state index in [9.17, 15) is 4.79 Å². The van der Waals surface area contributed by atoms with E-state index in [2.05, 4.69) is 24.5 Å². The zero-order chi connectivity index (χ0) is 14.4. The standard InChI is InChI=1S/C16H24N2O2.ClH/c1-3-13-7-4-5-9-15(13)20-11-16(19)18-14-8-6-10-17-12(14)2;/h4-5,7,9,12,14,17H,3,6,8,10-11H2,1-2H3,(H,18,19);1H. The minimum atomic E-state index is -0.0449. The van der Waals surface area contributed by atoms with Gasteiger partial charge in [-0.3, -0.25) is 4.79 Å². The zero-order valence-corrected chi connectivity index (χ0v) is 13.5. The molecule has 0 saturated carbocycles. The van der Waals surface area contributed by atoms with Gasteiger partial charge in [0.05, 0.1) is 0 Å². The Hall–Kier alpha value is -1.26. The molecular weight excluding hydrogens is 288 g/mol. The fraction of sp³-hybridized carbons (Fsp3) is 0.562. The van der Waals surface area contributed by atoms with E-state index in [1.165, 1.54) is 0 Å². The van der Waals surface area contributed by atoms with E-state index in [-0.39, 0.29) is 31.0 Å². The largest absolute Gasteiger partial charge is 0.483 e. The molecule has 1 aliphatic heterocycles. The molecule has 1 fully saturated rings. The lowest BCUT2D eigenvalue weighted by Crippen LogP contribution is -2.52. The summed E-state index contributed by atoms with van der Waals surface area (Å²) in [6, 6.07) is 8.40. The van der Waals surface area contributed by atoms with Crippen molar-refractivity contribution in [3.05, 3.63) is 29.8 Å². The van der Waals surface area contributed by atoms with E-state index in [1.54, 1.807) is 0 Å². The van der Waals surface area contributed by atoms with Crippen LogP contribution in [0.15, 0.2) is 24.3 Å². The summed E-state index contributed by atoms with van der Waals surface area (Å²) < 4.78 is 5.63. The summed E-state index contributed by atoms with van der Waals surface area (Å²) in [5.74, 6) is 0.761. The third-order valence-corrected chi connectivity index (χ3v) is 3.82. The Balaban J connectivity index is 0.00000220. The van der Waals surface area contributed by atoms with Gasteiger partial charge in [0.25, 0.3) is 5.91 Å². The molecular formula is C16H25ClN2O2. The number of amides is 1. The molecule has 1 aliphatic rings. The maximum Gasteiger partial charge on any atom is 0.258 e. The molecule has 2 unspecified atom stereocenters. The van der Waals surface area contributed by atoms with Crippen molar-refractivity contribution in [2.24, 2.45) is 0 Å². The Kier molecular flexibility index (Phi) is 7.54. The Morgan fingerprint density at radius 3 is 2.90 bits per heavy atom. The highest BCUT2D eigenvalue weighted by atomic mass is 35.5. The lowest BCUT2D eigenvalue weighted by Gasteiger charge is -2.30. The second kappa shape index (κ2) is 8.90. The Morgan fingerprint density at radius 2 is 2.19 bits per heavy atom. The van der Waals surface area contributed by atoms with Gasteiger partial charge in [-0.25, -0.2) is 0 Å². The second-order valence-electron chi connectivity index (χ2n) is 5.31. The number of piperidine rings is 1. The van der Waals surface area contributed by atoms with Gasteiger partial charge in [0, 0.05) is 12.1 Å². The molecule has 1 aromatic rings. The van der Waals surface area contributed by atoms with Crippen LogP contribution in [0, 0.1) is 0 Å². The van der Waals surface area contributed by atoms with Crippen LogP contribution in [0.5, 0.6) is 5.75 Å². The van der Waals surface area contributed by atoms with Crippen LogP contribution < -0.4 is 15.4 Å². The van der Waals surface area contributed by atoms with Gasteiger partial charge in [-0.1, -0.05) is 25.1 Å². The maximum absolute atomic E-state index is 12.0. The number of carbonyl (C=O) groups is 1. The van der Waals surface area contributed by atoms with Crippen LogP contribution in [0.1, 0.15) is 32.3 Å². The quantitative estimate of drug-likeness (QED) is 0.877. The normalized spacial score (nSPS) is 21.2. The molecule has 118 valence electrons. The molecule has 2 atom stereocenters. The zero-order valence-electron chi connectivity index (χ0n) is 12.7. The molecule has 4 nitrogen and oxygen atoms in total. The third kappa shape index (κ3) is 5.21. The monoisotopic (exact) mass is 312 g/mol. The first-order valence-corrected chi connectivity index (χ1v) is 7.44. The van der Waals surface area contributed by atoms with E-state index in [1.807, 2.05) is 24.3 Å². The molecule has 1 amide bonds. The molecule has 1 heterocycles. The number of aryl methyl sites for hydroxylation is 1. The van der Waals surface area contributed by atoms with E-state index in [0.29, 0.717) is 6.04 Å². The fourth-order valence-corrected chi connectivity index (χ4v) is 2.57. The number of hydrogen-bond donors (Lipinski definition) is 2. The molecule has 2 rings (SSSR count). The van der Waals surface area contributed by atoms with Gasteiger partial charge in [-0.05, 0) is 44.4 Å².